The number of azide groups is 1. The molecule has 2 rings (SSSR count). The number of aromatic amines is 1. The van der Waals surface area contributed by atoms with Crippen molar-refractivity contribution in [2.24, 2.45) is 11.0 Å². The molecule has 1 unspecified atom stereocenters. The van der Waals surface area contributed by atoms with Crippen LogP contribution in [-0.2, 0) is 4.74 Å². The van der Waals surface area contributed by atoms with Gasteiger partial charge in [0.15, 0.2) is 0 Å². The SMILES string of the molecule is Cc1cn([C@@H]2O[C@H](CO)CC2CN=[N+]=[N-])c(=O)[nH]c1=O. The molecule has 0 saturated carbocycles. The summed E-state index contributed by atoms with van der Waals surface area (Å²) < 4.78 is 6.86. The molecule has 0 aliphatic carbocycles. The third kappa shape index (κ3) is 2.74. The lowest BCUT2D eigenvalue weighted by Crippen LogP contribution is -2.35. The molecule has 2 heterocycles. The first-order valence-corrected chi connectivity index (χ1v) is 6.16. The Bertz CT molecular complexity index is 645. The number of nitrogens with one attached hydrogen (secondary N) is 1. The molecule has 0 aromatic carbocycles. The smallest absolute Gasteiger partial charge is 0.330 e. The van der Waals surface area contributed by atoms with Crippen molar-refractivity contribution in [3.05, 3.63) is 43.0 Å². The van der Waals surface area contributed by atoms with Gasteiger partial charge >= 0.3 is 5.69 Å². The molecule has 1 fully saturated rings. The van der Waals surface area contributed by atoms with Gasteiger partial charge in [-0.25, -0.2) is 4.79 Å². The lowest BCUT2D eigenvalue weighted by atomic mass is 10.0. The molecule has 0 radical (unpaired) electrons. The summed E-state index contributed by atoms with van der Waals surface area (Å²) in [7, 11) is 0. The van der Waals surface area contributed by atoms with Gasteiger partial charge in [0.25, 0.3) is 5.56 Å². The quantitative estimate of drug-likeness (QED) is 0.458. The highest BCUT2D eigenvalue weighted by Gasteiger charge is 2.36. The van der Waals surface area contributed by atoms with E-state index in [2.05, 4.69) is 15.0 Å². The maximum absolute atomic E-state index is 11.9. The minimum absolute atomic E-state index is 0.155. The molecule has 108 valence electrons. The molecule has 1 aromatic heterocycles. The van der Waals surface area contributed by atoms with E-state index in [-0.39, 0.29) is 19.1 Å². The molecule has 1 aliphatic heterocycles. The third-order valence-corrected chi connectivity index (χ3v) is 3.30. The molecule has 2 N–H and O–H groups in total. The summed E-state index contributed by atoms with van der Waals surface area (Å²) in [5.74, 6) is -0.231. The molecular formula is C11H15N5O4. The van der Waals surface area contributed by atoms with E-state index in [9.17, 15) is 9.59 Å². The molecule has 1 aromatic rings. The molecule has 9 nitrogen and oxygen atoms in total. The van der Waals surface area contributed by atoms with E-state index >= 15 is 0 Å². The molecule has 1 aliphatic rings. The van der Waals surface area contributed by atoms with Gasteiger partial charge in [0, 0.05) is 29.1 Å². The number of aliphatic hydroxyl groups is 1. The van der Waals surface area contributed by atoms with Crippen LogP contribution in [0.2, 0.25) is 0 Å². The second kappa shape index (κ2) is 5.91. The van der Waals surface area contributed by atoms with Gasteiger partial charge in [0.1, 0.15) is 6.23 Å². The van der Waals surface area contributed by atoms with Gasteiger partial charge in [-0.3, -0.25) is 14.3 Å². The van der Waals surface area contributed by atoms with Crippen LogP contribution in [0.4, 0.5) is 0 Å². The fourth-order valence-corrected chi connectivity index (χ4v) is 2.31. The molecule has 1 saturated heterocycles. The van der Waals surface area contributed by atoms with Crippen molar-refractivity contribution >= 4 is 0 Å². The van der Waals surface area contributed by atoms with Crippen LogP contribution in [0, 0.1) is 12.8 Å². The van der Waals surface area contributed by atoms with Crippen molar-refractivity contribution in [3.8, 4) is 0 Å². The topological polar surface area (TPSA) is 133 Å². The summed E-state index contributed by atoms with van der Waals surface area (Å²) in [6.07, 6.45) is 0.804. The first-order valence-electron chi connectivity index (χ1n) is 6.16. The molecular weight excluding hydrogens is 266 g/mol. The van der Waals surface area contributed by atoms with Gasteiger partial charge in [-0.2, -0.15) is 0 Å². The second-order valence-electron chi connectivity index (χ2n) is 4.72. The molecule has 0 amide bonds. The van der Waals surface area contributed by atoms with Crippen molar-refractivity contribution in [2.45, 2.75) is 25.7 Å². The number of H-pyrrole nitrogens is 1. The average Bonchev–Trinajstić information content (AvgIpc) is 2.83. The van der Waals surface area contributed by atoms with Crippen LogP contribution in [0.1, 0.15) is 18.2 Å². The lowest BCUT2D eigenvalue weighted by Gasteiger charge is -2.19. The van der Waals surface area contributed by atoms with Gasteiger partial charge in [0.2, 0.25) is 0 Å². The van der Waals surface area contributed by atoms with Crippen molar-refractivity contribution in [2.75, 3.05) is 13.2 Å². The Morgan fingerprint density at radius 3 is 3.05 bits per heavy atom. The summed E-state index contributed by atoms with van der Waals surface area (Å²) in [5.41, 5.74) is 7.73. The van der Waals surface area contributed by atoms with Crippen LogP contribution >= 0.6 is 0 Å². The predicted octanol–water partition coefficient (Wildman–Crippen LogP) is 0.0513. The van der Waals surface area contributed by atoms with Gasteiger partial charge in [-0.05, 0) is 18.9 Å². The average molecular weight is 281 g/mol. The Hall–Kier alpha value is -2.09. The van der Waals surface area contributed by atoms with Crippen LogP contribution in [0.25, 0.3) is 10.4 Å². The van der Waals surface area contributed by atoms with Crippen molar-refractivity contribution in [1.82, 2.24) is 9.55 Å². The summed E-state index contributed by atoms with van der Waals surface area (Å²) in [5, 5.41) is 12.7. The van der Waals surface area contributed by atoms with Crippen molar-refractivity contribution in [1.29, 1.82) is 0 Å². The zero-order valence-electron chi connectivity index (χ0n) is 10.9. The molecule has 0 spiro atoms. The Labute approximate surface area is 113 Å². The number of hydrogen-bond donors (Lipinski definition) is 2. The number of ether oxygens (including phenoxy) is 1. The summed E-state index contributed by atoms with van der Waals surface area (Å²) >= 11 is 0. The first-order chi connectivity index (χ1) is 9.56. The summed E-state index contributed by atoms with van der Waals surface area (Å²) in [6, 6.07) is 0. The van der Waals surface area contributed by atoms with Crippen LogP contribution in [0.15, 0.2) is 20.9 Å². The zero-order chi connectivity index (χ0) is 14.7. The Morgan fingerprint density at radius 2 is 2.40 bits per heavy atom. The molecule has 9 heteroatoms. The van der Waals surface area contributed by atoms with Crippen LogP contribution in [-0.4, -0.2) is 33.9 Å². The van der Waals surface area contributed by atoms with Crippen LogP contribution < -0.4 is 11.2 Å². The third-order valence-electron chi connectivity index (χ3n) is 3.30. The van der Waals surface area contributed by atoms with E-state index in [0.717, 1.165) is 0 Å². The van der Waals surface area contributed by atoms with E-state index in [1.165, 1.54) is 10.8 Å². The fourth-order valence-electron chi connectivity index (χ4n) is 2.31. The molecule has 20 heavy (non-hydrogen) atoms. The number of aromatic nitrogens is 2. The molecule has 0 bridgehead atoms. The largest absolute Gasteiger partial charge is 0.394 e. The standard InChI is InChI=1S/C11H15N5O4/c1-6-4-16(11(19)14-9(6)18)10-7(3-13-15-12)2-8(5-17)20-10/h4,7-8,10,17H,2-3,5H2,1H3,(H,14,18,19)/t7?,8-,10+/m0/s1. The highest BCUT2D eigenvalue weighted by Crippen LogP contribution is 2.33. The minimum atomic E-state index is -0.666. The second-order valence-corrected chi connectivity index (χ2v) is 4.72. The Balaban J connectivity index is 2.38. The van der Waals surface area contributed by atoms with E-state index in [0.29, 0.717) is 12.0 Å². The first kappa shape index (κ1) is 14.3. The maximum Gasteiger partial charge on any atom is 0.330 e. The van der Waals surface area contributed by atoms with Gasteiger partial charge < -0.3 is 9.84 Å². The lowest BCUT2D eigenvalue weighted by molar-refractivity contribution is -0.0345. The monoisotopic (exact) mass is 281 g/mol. The van der Waals surface area contributed by atoms with Gasteiger partial charge in [-0.15, -0.1) is 0 Å². The molecule has 3 atom stereocenters. The Morgan fingerprint density at radius 1 is 1.65 bits per heavy atom. The maximum atomic E-state index is 11.9. The fraction of sp³-hybridized carbons (Fsp3) is 0.636. The zero-order valence-corrected chi connectivity index (χ0v) is 10.9. The van der Waals surface area contributed by atoms with Crippen molar-refractivity contribution in [3.63, 3.8) is 0 Å². The van der Waals surface area contributed by atoms with Crippen LogP contribution in [0.3, 0.4) is 0 Å². The van der Waals surface area contributed by atoms with Gasteiger partial charge in [-0.1, -0.05) is 5.11 Å². The van der Waals surface area contributed by atoms with E-state index in [1.54, 1.807) is 6.92 Å². The number of nitrogens with zero attached hydrogens (tertiary/aromatic N) is 4. The van der Waals surface area contributed by atoms with E-state index in [4.69, 9.17) is 15.4 Å². The number of rotatable bonds is 4. The Kier molecular flexibility index (Phi) is 4.23. The summed E-state index contributed by atoms with van der Waals surface area (Å²) in [4.78, 5) is 28.1. The summed E-state index contributed by atoms with van der Waals surface area (Å²) in [6.45, 7) is 1.55. The van der Waals surface area contributed by atoms with Gasteiger partial charge in [0.05, 0.1) is 12.7 Å². The predicted molar refractivity (Wildman–Crippen MR) is 69.2 cm³/mol. The minimum Gasteiger partial charge on any atom is -0.394 e. The number of aliphatic hydroxyl groups excluding tert-OH is 1. The van der Waals surface area contributed by atoms with E-state index < -0.39 is 23.6 Å². The number of aryl methyl sites for hydroxylation is 1. The highest BCUT2D eigenvalue weighted by molar-refractivity contribution is 5.02. The number of hydrogen-bond acceptors (Lipinski definition) is 5. The highest BCUT2D eigenvalue weighted by atomic mass is 16.5. The normalized spacial score (nSPS) is 25.4. The van der Waals surface area contributed by atoms with Crippen LogP contribution in [0.5, 0.6) is 0 Å². The van der Waals surface area contributed by atoms with Crippen molar-refractivity contribution < 1.29 is 9.84 Å². The van der Waals surface area contributed by atoms with E-state index in [1.807, 2.05) is 0 Å².